The number of halogens is 2. The average Bonchev–Trinajstić information content (AvgIpc) is 2.55. The fourth-order valence-corrected chi connectivity index (χ4v) is 3.14. The van der Waals surface area contributed by atoms with Crippen LogP contribution in [0.3, 0.4) is 0 Å². The predicted octanol–water partition coefficient (Wildman–Crippen LogP) is 3.76. The van der Waals surface area contributed by atoms with Crippen LogP contribution in [0.1, 0.15) is 12.8 Å². The minimum Gasteiger partial charge on any atom is -0.325 e. The zero-order valence-corrected chi connectivity index (χ0v) is 12.8. The molecule has 0 atom stereocenters. The minimum atomic E-state index is -2.31. The van der Waals surface area contributed by atoms with Gasteiger partial charge in [-0.3, -0.25) is 9.69 Å². The number of benzene rings is 2. The quantitative estimate of drug-likeness (QED) is 0.931. The highest BCUT2D eigenvalue weighted by Gasteiger charge is 2.26. The van der Waals surface area contributed by atoms with E-state index in [2.05, 4.69) is 5.32 Å². The van der Waals surface area contributed by atoms with E-state index in [1.54, 1.807) is 4.90 Å². The van der Waals surface area contributed by atoms with Crippen molar-refractivity contribution in [2.75, 3.05) is 25.0 Å². The zero-order valence-electron chi connectivity index (χ0n) is 12.8. The summed E-state index contributed by atoms with van der Waals surface area (Å²) in [5.41, 5.74) is 0.808. The molecule has 2 aromatic rings. The molecule has 0 spiro atoms. The van der Waals surface area contributed by atoms with Crippen LogP contribution >= 0.6 is 0 Å². The number of carbonyl (C=O) groups is 1. The summed E-state index contributed by atoms with van der Waals surface area (Å²) in [6.45, 7) is 0.910. The fraction of sp³-hybridized carbons (Fsp3) is 0.389. The first-order chi connectivity index (χ1) is 11.1. The van der Waals surface area contributed by atoms with Crippen LogP contribution in [0.5, 0.6) is 0 Å². The maximum atomic E-state index is 12.5. The van der Waals surface area contributed by atoms with Crippen molar-refractivity contribution in [3.63, 3.8) is 0 Å². The summed E-state index contributed by atoms with van der Waals surface area (Å²) in [6.07, 6.45) is -1.05. The van der Waals surface area contributed by atoms with Gasteiger partial charge in [-0.2, -0.15) is 0 Å². The summed E-state index contributed by atoms with van der Waals surface area (Å²) in [6, 6.07) is 13.7. The van der Waals surface area contributed by atoms with Crippen molar-refractivity contribution in [2.45, 2.75) is 19.3 Å². The molecule has 1 fully saturated rings. The van der Waals surface area contributed by atoms with E-state index in [0.29, 0.717) is 25.9 Å². The molecule has 23 heavy (non-hydrogen) atoms. The molecule has 1 amide bonds. The summed E-state index contributed by atoms with van der Waals surface area (Å²) >= 11 is 0. The topological polar surface area (TPSA) is 32.3 Å². The van der Waals surface area contributed by atoms with Crippen molar-refractivity contribution in [3.8, 4) is 0 Å². The van der Waals surface area contributed by atoms with Gasteiger partial charge < -0.3 is 5.32 Å². The SMILES string of the molecule is O=C(Nc1cccc2ccccc12)C1CCN(CC(F)F)CC1. The lowest BCUT2D eigenvalue weighted by molar-refractivity contribution is -0.121. The van der Waals surface area contributed by atoms with Crippen LogP contribution in [0.25, 0.3) is 10.8 Å². The number of nitrogens with zero attached hydrogens (tertiary/aromatic N) is 1. The second-order valence-corrected chi connectivity index (χ2v) is 5.98. The highest BCUT2D eigenvalue weighted by Crippen LogP contribution is 2.25. The van der Waals surface area contributed by atoms with Crippen LogP contribution < -0.4 is 5.32 Å². The van der Waals surface area contributed by atoms with Crippen molar-refractivity contribution in [2.24, 2.45) is 5.92 Å². The number of carbonyl (C=O) groups excluding carboxylic acids is 1. The molecule has 5 heteroatoms. The van der Waals surface area contributed by atoms with Crippen molar-refractivity contribution in [1.82, 2.24) is 4.90 Å². The number of amides is 1. The smallest absolute Gasteiger partial charge is 0.251 e. The molecule has 2 aromatic carbocycles. The van der Waals surface area contributed by atoms with Crippen LogP contribution in [0.15, 0.2) is 42.5 Å². The Morgan fingerprint density at radius 2 is 1.83 bits per heavy atom. The standard InChI is InChI=1S/C18H20F2N2O/c19-17(20)12-22-10-8-14(9-11-22)18(23)21-16-7-3-5-13-4-1-2-6-15(13)16/h1-7,14,17H,8-12H2,(H,21,23). The third-order valence-electron chi connectivity index (χ3n) is 4.40. The number of piperidine rings is 1. The summed E-state index contributed by atoms with van der Waals surface area (Å²) < 4.78 is 24.8. The Balaban J connectivity index is 1.63. The van der Waals surface area contributed by atoms with Gasteiger partial charge in [-0.05, 0) is 37.4 Å². The number of alkyl halides is 2. The molecule has 1 heterocycles. The molecule has 0 unspecified atom stereocenters. The highest BCUT2D eigenvalue weighted by molar-refractivity contribution is 6.02. The summed E-state index contributed by atoms with van der Waals surface area (Å²) in [5, 5.41) is 5.10. The number of anilines is 1. The van der Waals surface area contributed by atoms with Gasteiger partial charge in [0.05, 0.1) is 6.54 Å². The first kappa shape index (κ1) is 15.9. The number of fused-ring (bicyclic) bond motifs is 1. The van der Waals surface area contributed by atoms with Crippen molar-refractivity contribution >= 4 is 22.4 Å². The molecule has 0 bridgehead atoms. The maximum absolute atomic E-state index is 12.5. The van der Waals surface area contributed by atoms with Gasteiger partial charge in [0.25, 0.3) is 6.43 Å². The Labute approximate surface area is 134 Å². The Morgan fingerprint density at radius 1 is 1.13 bits per heavy atom. The zero-order chi connectivity index (χ0) is 16.2. The van der Waals surface area contributed by atoms with Gasteiger partial charge >= 0.3 is 0 Å². The van der Waals surface area contributed by atoms with Gasteiger partial charge in [-0.15, -0.1) is 0 Å². The summed E-state index contributed by atoms with van der Waals surface area (Å²) in [4.78, 5) is 14.2. The number of nitrogens with one attached hydrogen (secondary N) is 1. The van der Waals surface area contributed by atoms with Crippen LogP contribution in [0, 0.1) is 5.92 Å². The van der Waals surface area contributed by atoms with E-state index in [-0.39, 0.29) is 18.4 Å². The molecule has 1 saturated heterocycles. The van der Waals surface area contributed by atoms with Crippen molar-refractivity contribution in [1.29, 1.82) is 0 Å². The fourth-order valence-electron chi connectivity index (χ4n) is 3.14. The molecule has 3 rings (SSSR count). The molecule has 0 saturated carbocycles. The van der Waals surface area contributed by atoms with Gasteiger partial charge in [0.2, 0.25) is 5.91 Å². The Kier molecular flexibility index (Phi) is 4.86. The van der Waals surface area contributed by atoms with E-state index in [1.165, 1.54) is 0 Å². The van der Waals surface area contributed by atoms with E-state index in [1.807, 2.05) is 42.5 Å². The molecule has 122 valence electrons. The van der Waals surface area contributed by atoms with E-state index in [0.717, 1.165) is 16.5 Å². The lowest BCUT2D eigenvalue weighted by Gasteiger charge is -2.30. The van der Waals surface area contributed by atoms with Crippen molar-refractivity contribution in [3.05, 3.63) is 42.5 Å². The second-order valence-electron chi connectivity index (χ2n) is 5.98. The molecule has 0 radical (unpaired) electrons. The van der Waals surface area contributed by atoms with E-state index in [4.69, 9.17) is 0 Å². The van der Waals surface area contributed by atoms with Gasteiger partial charge in [0.1, 0.15) is 0 Å². The predicted molar refractivity (Wildman–Crippen MR) is 87.7 cm³/mol. The molecular weight excluding hydrogens is 298 g/mol. The number of hydrogen-bond donors (Lipinski definition) is 1. The average molecular weight is 318 g/mol. The van der Waals surface area contributed by atoms with Gasteiger partial charge in [0.15, 0.2) is 0 Å². The van der Waals surface area contributed by atoms with Crippen LogP contribution in [-0.4, -0.2) is 36.9 Å². The minimum absolute atomic E-state index is 0.0157. The van der Waals surface area contributed by atoms with E-state index >= 15 is 0 Å². The molecule has 0 aromatic heterocycles. The Hall–Kier alpha value is -2.01. The third-order valence-corrected chi connectivity index (χ3v) is 4.40. The van der Waals surface area contributed by atoms with Gasteiger partial charge in [-0.1, -0.05) is 36.4 Å². The summed E-state index contributed by atoms with van der Waals surface area (Å²) in [7, 11) is 0. The van der Waals surface area contributed by atoms with Crippen LogP contribution in [0.4, 0.5) is 14.5 Å². The lowest BCUT2D eigenvalue weighted by atomic mass is 9.95. The van der Waals surface area contributed by atoms with Gasteiger partial charge in [0, 0.05) is 17.0 Å². The third kappa shape index (κ3) is 3.85. The Bertz CT molecular complexity index is 676. The molecular formula is C18H20F2N2O. The first-order valence-electron chi connectivity index (χ1n) is 7.92. The van der Waals surface area contributed by atoms with Crippen LogP contribution in [0.2, 0.25) is 0 Å². The van der Waals surface area contributed by atoms with E-state index in [9.17, 15) is 13.6 Å². The number of rotatable bonds is 4. The molecule has 1 aliphatic rings. The maximum Gasteiger partial charge on any atom is 0.251 e. The first-order valence-corrected chi connectivity index (χ1v) is 7.92. The number of likely N-dealkylation sites (tertiary alicyclic amines) is 1. The second kappa shape index (κ2) is 7.04. The highest BCUT2D eigenvalue weighted by atomic mass is 19.3. The largest absolute Gasteiger partial charge is 0.325 e. The summed E-state index contributed by atoms with van der Waals surface area (Å²) in [5.74, 6) is -0.124. The lowest BCUT2D eigenvalue weighted by Crippen LogP contribution is -2.40. The molecule has 1 aliphatic heterocycles. The number of hydrogen-bond acceptors (Lipinski definition) is 2. The van der Waals surface area contributed by atoms with Gasteiger partial charge in [-0.25, -0.2) is 8.78 Å². The normalized spacial score (nSPS) is 16.8. The van der Waals surface area contributed by atoms with Crippen LogP contribution in [-0.2, 0) is 4.79 Å². The molecule has 1 N–H and O–H groups in total. The van der Waals surface area contributed by atoms with E-state index < -0.39 is 6.43 Å². The Morgan fingerprint density at radius 3 is 2.57 bits per heavy atom. The van der Waals surface area contributed by atoms with Crippen molar-refractivity contribution < 1.29 is 13.6 Å². The monoisotopic (exact) mass is 318 g/mol. The molecule has 3 nitrogen and oxygen atoms in total. The molecule has 0 aliphatic carbocycles.